The Bertz CT molecular complexity index is 916. The molecule has 2 aromatic heterocycles. The lowest BCUT2D eigenvalue weighted by molar-refractivity contribution is 0.590. The van der Waals surface area contributed by atoms with Gasteiger partial charge in [0.05, 0.1) is 5.69 Å². The molecule has 0 saturated carbocycles. The molecular weight excluding hydrogens is 315 g/mol. The Labute approximate surface area is 124 Å². The van der Waals surface area contributed by atoms with Gasteiger partial charge >= 0.3 is 0 Å². The molecule has 9 heteroatoms. The first-order valence-corrected chi connectivity index (χ1v) is 8.19. The van der Waals surface area contributed by atoms with Gasteiger partial charge in [-0.3, -0.25) is 8.71 Å². The number of aromatic nitrogens is 2. The van der Waals surface area contributed by atoms with Crippen LogP contribution in [0.3, 0.4) is 0 Å². The van der Waals surface area contributed by atoms with Crippen molar-refractivity contribution in [1.82, 2.24) is 9.38 Å². The van der Waals surface area contributed by atoms with Gasteiger partial charge in [0.2, 0.25) is 5.03 Å². The van der Waals surface area contributed by atoms with Gasteiger partial charge in [-0.2, -0.15) is 8.42 Å². The second-order valence-electron chi connectivity index (χ2n) is 4.31. The molecule has 2 N–H and O–H groups in total. The van der Waals surface area contributed by atoms with Crippen LogP contribution in [0.25, 0.3) is 4.96 Å². The van der Waals surface area contributed by atoms with Crippen LogP contribution in [0.4, 0.5) is 15.9 Å². The van der Waals surface area contributed by atoms with Gasteiger partial charge in [0.15, 0.2) is 10.8 Å². The molecule has 0 saturated heterocycles. The highest BCUT2D eigenvalue weighted by molar-refractivity contribution is 7.92. The highest BCUT2D eigenvalue weighted by Crippen LogP contribution is 2.28. The molecule has 21 heavy (non-hydrogen) atoms. The first kappa shape index (κ1) is 13.8. The largest absolute Gasteiger partial charge is 0.381 e. The molecule has 6 nitrogen and oxygen atoms in total. The van der Waals surface area contributed by atoms with Crippen LogP contribution in [0.1, 0.15) is 0 Å². The number of hydrogen-bond donors (Lipinski definition) is 1. The van der Waals surface area contributed by atoms with Crippen LogP contribution >= 0.6 is 11.3 Å². The van der Waals surface area contributed by atoms with Crippen molar-refractivity contribution in [3.05, 3.63) is 41.7 Å². The maximum Gasteiger partial charge on any atom is 0.283 e. The average molecular weight is 326 g/mol. The van der Waals surface area contributed by atoms with E-state index < -0.39 is 15.8 Å². The van der Waals surface area contributed by atoms with Crippen molar-refractivity contribution in [2.45, 2.75) is 5.03 Å². The molecule has 3 aromatic rings. The van der Waals surface area contributed by atoms with Crippen molar-refractivity contribution in [2.75, 3.05) is 17.1 Å². The number of imidazole rings is 1. The summed E-state index contributed by atoms with van der Waals surface area (Å²) < 4.78 is 41.1. The number of thiazole rings is 1. The Hall–Kier alpha value is -2.13. The normalized spacial score (nSPS) is 11.9. The van der Waals surface area contributed by atoms with Crippen molar-refractivity contribution in [1.29, 1.82) is 0 Å². The average Bonchev–Trinajstić information content (AvgIpc) is 2.97. The second-order valence-corrected chi connectivity index (χ2v) is 7.07. The summed E-state index contributed by atoms with van der Waals surface area (Å²) >= 11 is 1.28. The third-order valence-electron chi connectivity index (χ3n) is 3.02. The summed E-state index contributed by atoms with van der Waals surface area (Å²) in [5.74, 6) is -0.596. The van der Waals surface area contributed by atoms with E-state index in [1.54, 1.807) is 11.6 Å². The molecule has 0 bridgehead atoms. The van der Waals surface area contributed by atoms with E-state index in [0.29, 0.717) is 4.96 Å². The standard InChI is InChI=1S/C12H11FN4O2S2/c1-16(9-4-2-3-8(13)7-9)21(18,19)11-10(14)15-12-17(11)5-6-20-12/h2-7H,14H2,1H3. The van der Waals surface area contributed by atoms with E-state index in [9.17, 15) is 12.8 Å². The number of hydrogen-bond acceptors (Lipinski definition) is 5. The van der Waals surface area contributed by atoms with Gasteiger partial charge in [0.1, 0.15) is 5.82 Å². The van der Waals surface area contributed by atoms with Gasteiger partial charge in [-0.1, -0.05) is 6.07 Å². The number of nitrogens with zero attached hydrogens (tertiary/aromatic N) is 3. The smallest absolute Gasteiger partial charge is 0.283 e. The van der Waals surface area contributed by atoms with Crippen LogP contribution in [-0.4, -0.2) is 24.9 Å². The van der Waals surface area contributed by atoms with E-state index in [0.717, 1.165) is 10.4 Å². The summed E-state index contributed by atoms with van der Waals surface area (Å²) in [6.45, 7) is 0. The molecule has 0 aliphatic carbocycles. The molecule has 0 fully saturated rings. The highest BCUT2D eigenvalue weighted by atomic mass is 32.2. The Kier molecular flexibility index (Phi) is 3.10. The Morgan fingerprint density at radius 3 is 2.90 bits per heavy atom. The van der Waals surface area contributed by atoms with E-state index >= 15 is 0 Å². The van der Waals surface area contributed by atoms with Crippen LogP contribution in [-0.2, 0) is 10.0 Å². The van der Waals surface area contributed by atoms with Crippen LogP contribution in [0.2, 0.25) is 0 Å². The monoisotopic (exact) mass is 326 g/mol. The maximum atomic E-state index is 13.3. The minimum Gasteiger partial charge on any atom is -0.381 e. The second kappa shape index (κ2) is 4.71. The third-order valence-corrected chi connectivity index (χ3v) is 5.60. The molecule has 110 valence electrons. The first-order valence-electron chi connectivity index (χ1n) is 5.87. The molecule has 0 amide bonds. The van der Waals surface area contributed by atoms with Crippen LogP contribution in [0.15, 0.2) is 40.9 Å². The Balaban J connectivity index is 2.16. The van der Waals surface area contributed by atoms with E-state index in [4.69, 9.17) is 5.73 Å². The van der Waals surface area contributed by atoms with Crippen molar-refractivity contribution in [3.8, 4) is 0 Å². The number of nitrogens with two attached hydrogens (primary N) is 1. The molecule has 0 radical (unpaired) electrons. The van der Waals surface area contributed by atoms with E-state index in [1.165, 1.54) is 41.0 Å². The minimum absolute atomic E-state index is 0.0786. The maximum absolute atomic E-state index is 13.3. The van der Waals surface area contributed by atoms with E-state index in [2.05, 4.69) is 4.98 Å². The lowest BCUT2D eigenvalue weighted by Gasteiger charge is -2.19. The molecule has 0 aliphatic rings. The number of fused-ring (bicyclic) bond motifs is 1. The molecule has 2 heterocycles. The number of rotatable bonds is 3. The summed E-state index contributed by atoms with van der Waals surface area (Å²) in [6.07, 6.45) is 1.58. The van der Waals surface area contributed by atoms with E-state index in [-0.39, 0.29) is 16.5 Å². The van der Waals surface area contributed by atoms with Gasteiger partial charge in [-0.05, 0) is 18.2 Å². The Morgan fingerprint density at radius 2 is 2.19 bits per heavy atom. The van der Waals surface area contributed by atoms with E-state index in [1.807, 2.05) is 0 Å². The number of benzene rings is 1. The summed E-state index contributed by atoms with van der Waals surface area (Å²) in [7, 11) is -2.60. The summed E-state index contributed by atoms with van der Waals surface area (Å²) in [4.78, 5) is 4.50. The summed E-state index contributed by atoms with van der Waals surface area (Å²) in [6, 6.07) is 5.33. The topological polar surface area (TPSA) is 80.7 Å². The highest BCUT2D eigenvalue weighted by Gasteiger charge is 2.29. The minimum atomic E-state index is -3.94. The number of sulfonamides is 1. The fourth-order valence-electron chi connectivity index (χ4n) is 1.98. The van der Waals surface area contributed by atoms with Crippen LogP contribution < -0.4 is 10.0 Å². The van der Waals surface area contributed by atoms with Crippen LogP contribution in [0.5, 0.6) is 0 Å². The number of anilines is 2. The zero-order chi connectivity index (χ0) is 15.2. The molecule has 3 rings (SSSR count). The van der Waals surface area contributed by atoms with Gasteiger partial charge in [-0.15, -0.1) is 11.3 Å². The van der Waals surface area contributed by atoms with Gasteiger partial charge in [0, 0.05) is 18.6 Å². The molecule has 1 aromatic carbocycles. The van der Waals surface area contributed by atoms with Crippen LogP contribution in [0, 0.1) is 5.82 Å². The number of nitrogen functional groups attached to an aromatic ring is 1. The SMILES string of the molecule is CN(c1cccc(F)c1)S(=O)(=O)c1c(N)nc2sccn12. The molecule has 0 spiro atoms. The molecule has 0 unspecified atom stereocenters. The molecule has 0 atom stereocenters. The predicted molar refractivity (Wildman–Crippen MR) is 79.5 cm³/mol. The summed E-state index contributed by atoms with van der Waals surface area (Å²) in [5.41, 5.74) is 5.93. The summed E-state index contributed by atoms with van der Waals surface area (Å²) in [5, 5.41) is 1.59. The lowest BCUT2D eigenvalue weighted by Crippen LogP contribution is -2.28. The predicted octanol–water partition coefficient (Wildman–Crippen LogP) is 1.94. The third kappa shape index (κ3) is 2.14. The van der Waals surface area contributed by atoms with Crippen molar-refractivity contribution < 1.29 is 12.8 Å². The van der Waals surface area contributed by atoms with Crippen molar-refractivity contribution >= 4 is 37.8 Å². The van der Waals surface area contributed by atoms with Gasteiger partial charge in [0.25, 0.3) is 10.0 Å². The zero-order valence-corrected chi connectivity index (χ0v) is 12.5. The first-order chi connectivity index (χ1) is 9.91. The quantitative estimate of drug-likeness (QED) is 0.797. The van der Waals surface area contributed by atoms with Crippen molar-refractivity contribution in [2.24, 2.45) is 0 Å². The number of halogens is 1. The molecular formula is C12H11FN4O2S2. The molecule has 0 aliphatic heterocycles. The van der Waals surface area contributed by atoms with Gasteiger partial charge < -0.3 is 5.73 Å². The Morgan fingerprint density at radius 1 is 1.43 bits per heavy atom. The van der Waals surface area contributed by atoms with Crippen molar-refractivity contribution in [3.63, 3.8) is 0 Å². The fraction of sp³-hybridized carbons (Fsp3) is 0.0833. The lowest BCUT2D eigenvalue weighted by atomic mass is 10.3. The zero-order valence-electron chi connectivity index (χ0n) is 10.9. The van der Waals surface area contributed by atoms with Gasteiger partial charge in [-0.25, -0.2) is 9.37 Å². The fourth-order valence-corrected chi connectivity index (χ4v) is 4.11.